The lowest BCUT2D eigenvalue weighted by atomic mass is 9.46. The van der Waals surface area contributed by atoms with E-state index in [9.17, 15) is 15.0 Å². The van der Waals surface area contributed by atoms with E-state index in [0.29, 0.717) is 17.3 Å². The number of rotatable bonds is 1. The second-order valence-corrected chi connectivity index (χ2v) is 9.59. The summed E-state index contributed by atoms with van der Waals surface area (Å²) < 4.78 is 0. The van der Waals surface area contributed by atoms with Crippen LogP contribution in [0, 0.1) is 34.5 Å². The Labute approximate surface area is 145 Å². The summed E-state index contributed by atoms with van der Waals surface area (Å²) in [5, 5.41) is 20.4. The van der Waals surface area contributed by atoms with Crippen molar-refractivity contribution < 1.29 is 15.0 Å². The Morgan fingerprint density at radius 3 is 2.58 bits per heavy atom. The summed E-state index contributed by atoms with van der Waals surface area (Å²) in [5.74, 6) is 0.146. The molecule has 24 heavy (non-hydrogen) atoms. The highest BCUT2D eigenvalue weighted by Crippen LogP contribution is 2.67. The van der Waals surface area contributed by atoms with Gasteiger partial charge in [0.15, 0.2) is 0 Å². The van der Waals surface area contributed by atoms with Crippen LogP contribution in [0.1, 0.15) is 72.1 Å². The molecule has 4 aliphatic carbocycles. The van der Waals surface area contributed by atoms with Crippen molar-refractivity contribution in [3.8, 4) is 0 Å². The van der Waals surface area contributed by atoms with Gasteiger partial charge in [-0.15, -0.1) is 0 Å². The lowest BCUT2D eigenvalue weighted by Crippen LogP contribution is -2.55. The molecule has 3 saturated carbocycles. The molecule has 3 fully saturated rings. The average Bonchev–Trinajstić information content (AvgIpc) is 2.85. The monoisotopic (exact) mass is 332 g/mol. The minimum Gasteiger partial charge on any atom is -0.359 e. The number of aliphatic hydroxyl groups is 2. The molecule has 0 spiro atoms. The van der Waals surface area contributed by atoms with Gasteiger partial charge in [-0.25, -0.2) is 0 Å². The minimum atomic E-state index is -2.16. The van der Waals surface area contributed by atoms with Gasteiger partial charge in [-0.1, -0.05) is 32.8 Å². The maximum Gasteiger partial charge on any atom is 0.228 e. The van der Waals surface area contributed by atoms with Gasteiger partial charge in [-0.2, -0.15) is 0 Å². The molecule has 0 amide bonds. The predicted molar refractivity (Wildman–Crippen MR) is 93.0 cm³/mol. The highest BCUT2D eigenvalue weighted by molar-refractivity contribution is 5.97. The van der Waals surface area contributed by atoms with Crippen LogP contribution in [0.2, 0.25) is 0 Å². The molecular weight excluding hydrogens is 300 g/mol. The highest BCUT2D eigenvalue weighted by Gasteiger charge is 2.60. The third-order valence-electron chi connectivity index (χ3n) is 8.74. The highest BCUT2D eigenvalue weighted by atomic mass is 16.5. The number of ketones is 1. The Morgan fingerprint density at radius 2 is 1.88 bits per heavy atom. The second-order valence-electron chi connectivity index (χ2n) is 9.59. The van der Waals surface area contributed by atoms with Crippen LogP contribution in [0.3, 0.4) is 0 Å². The van der Waals surface area contributed by atoms with E-state index in [-0.39, 0.29) is 11.8 Å². The van der Waals surface area contributed by atoms with Gasteiger partial charge in [-0.3, -0.25) is 4.79 Å². The maximum atomic E-state index is 12.0. The molecule has 3 heteroatoms. The van der Waals surface area contributed by atoms with Crippen molar-refractivity contribution in [3.63, 3.8) is 0 Å². The number of carbonyl (C=O) groups excluding carboxylic acids is 1. The van der Waals surface area contributed by atoms with Crippen molar-refractivity contribution >= 4 is 5.78 Å². The van der Waals surface area contributed by atoms with E-state index >= 15 is 0 Å². The Balaban J connectivity index is 1.69. The first-order valence-electron chi connectivity index (χ1n) is 9.92. The van der Waals surface area contributed by atoms with Crippen molar-refractivity contribution in [2.45, 2.75) is 77.9 Å². The molecule has 0 radical (unpaired) electrons. The van der Waals surface area contributed by atoms with E-state index in [4.69, 9.17) is 0 Å². The third-order valence-corrected chi connectivity index (χ3v) is 8.74. The maximum absolute atomic E-state index is 12.0. The first-order chi connectivity index (χ1) is 11.2. The molecule has 6 atom stereocenters. The first kappa shape index (κ1) is 16.8. The molecule has 0 aliphatic heterocycles. The molecular formula is C21H32O3. The van der Waals surface area contributed by atoms with Gasteiger partial charge in [0.25, 0.3) is 0 Å². The van der Waals surface area contributed by atoms with Gasteiger partial charge in [0, 0.05) is 6.42 Å². The Hall–Kier alpha value is -0.670. The van der Waals surface area contributed by atoms with Gasteiger partial charge < -0.3 is 10.2 Å². The molecule has 4 rings (SSSR count). The summed E-state index contributed by atoms with van der Waals surface area (Å²) >= 11 is 0. The molecule has 0 aromatic carbocycles. The van der Waals surface area contributed by atoms with Gasteiger partial charge in [-0.05, 0) is 79.1 Å². The zero-order valence-electron chi connectivity index (χ0n) is 15.3. The summed E-state index contributed by atoms with van der Waals surface area (Å²) in [5.41, 5.74) is 1.44. The zero-order chi connectivity index (χ0) is 17.3. The molecule has 4 aliphatic rings. The van der Waals surface area contributed by atoms with E-state index in [1.165, 1.54) is 44.1 Å². The third kappa shape index (κ3) is 2.07. The smallest absolute Gasteiger partial charge is 0.228 e. The quantitative estimate of drug-likeness (QED) is 0.717. The lowest BCUT2D eigenvalue weighted by molar-refractivity contribution is -0.199. The normalized spacial score (nSPS) is 49.9. The number of allylic oxidation sites excluding steroid dienone is 1. The van der Waals surface area contributed by atoms with Crippen molar-refractivity contribution in [1.29, 1.82) is 0 Å². The average molecular weight is 332 g/mol. The molecule has 0 aromatic heterocycles. The van der Waals surface area contributed by atoms with Crippen molar-refractivity contribution in [3.05, 3.63) is 11.6 Å². The Morgan fingerprint density at radius 1 is 1.12 bits per heavy atom. The second kappa shape index (κ2) is 5.17. The molecule has 3 nitrogen and oxygen atoms in total. The van der Waals surface area contributed by atoms with Gasteiger partial charge in [0.1, 0.15) is 0 Å². The van der Waals surface area contributed by atoms with Crippen molar-refractivity contribution in [2.75, 3.05) is 0 Å². The van der Waals surface area contributed by atoms with Crippen LogP contribution in [0.5, 0.6) is 0 Å². The largest absolute Gasteiger partial charge is 0.359 e. The predicted octanol–water partition coefficient (Wildman–Crippen LogP) is 3.84. The molecule has 0 saturated heterocycles. The molecule has 0 heterocycles. The van der Waals surface area contributed by atoms with E-state index < -0.39 is 11.6 Å². The molecule has 0 aromatic rings. The van der Waals surface area contributed by atoms with E-state index in [1.54, 1.807) is 6.08 Å². The number of hydrogen-bond acceptors (Lipinski definition) is 3. The summed E-state index contributed by atoms with van der Waals surface area (Å²) in [6.07, 6.45) is 10.3. The zero-order valence-corrected chi connectivity index (χ0v) is 15.3. The fourth-order valence-electron chi connectivity index (χ4n) is 7.46. The fraction of sp³-hybridized carbons (Fsp3) is 0.857. The van der Waals surface area contributed by atoms with E-state index in [0.717, 1.165) is 18.3 Å². The van der Waals surface area contributed by atoms with Crippen LogP contribution >= 0.6 is 0 Å². The fourth-order valence-corrected chi connectivity index (χ4v) is 7.46. The van der Waals surface area contributed by atoms with E-state index in [2.05, 4.69) is 20.8 Å². The topological polar surface area (TPSA) is 57.5 Å². The molecule has 0 unspecified atom stereocenters. The summed E-state index contributed by atoms with van der Waals surface area (Å²) in [4.78, 5) is 12.0. The van der Waals surface area contributed by atoms with Crippen molar-refractivity contribution in [2.24, 2.45) is 34.5 Å². The Bertz CT molecular complexity index is 592. The number of fused-ring (bicyclic) bond motifs is 5. The van der Waals surface area contributed by atoms with Crippen LogP contribution in [-0.2, 0) is 4.79 Å². The van der Waals surface area contributed by atoms with Crippen LogP contribution in [0.15, 0.2) is 11.6 Å². The standard InChI is InChI=1S/C21H32O3/c1-4-13-6-8-16-15-7-5-14-11-18(22)21(23,24)12-20(14,3)17(15)9-10-19(13,16)2/h11,13,15-17,23-24H,4-10,12H2,1-3H3/t13-,15-,16-,17-,19+,20-/m0/s1. The van der Waals surface area contributed by atoms with Crippen LogP contribution in [-0.4, -0.2) is 21.8 Å². The van der Waals surface area contributed by atoms with Gasteiger partial charge in [0.05, 0.1) is 0 Å². The number of hydrogen-bond donors (Lipinski definition) is 2. The summed E-state index contributed by atoms with van der Waals surface area (Å²) in [6, 6.07) is 0. The SMILES string of the molecule is CC[C@H]1CC[C@H]2[C@@H]3CCC4=CC(=O)C(O)(O)C[C@]4(C)[C@H]3CC[C@]12C. The van der Waals surface area contributed by atoms with Crippen LogP contribution in [0.25, 0.3) is 0 Å². The molecule has 134 valence electrons. The van der Waals surface area contributed by atoms with Gasteiger partial charge in [0.2, 0.25) is 11.6 Å². The molecule has 0 bridgehead atoms. The number of carbonyl (C=O) groups is 1. The minimum absolute atomic E-state index is 0.187. The van der Waals surface area contributed by atoms with Crippen molar-refractivity contribution in [1.82, 2.24) is 0 Å². The summed E-state index contributed by atoms with van der Waals surface area (Å²) in [7, 11) is 0. The first-order valence-corrected chi connectivity index (χ1v) is 9.92. The van der Waals surface area contributed by atoms with E-state index in [1.807, 2.05) is 0 Å². The molecule has 2 N–H and O–H groups in total. The van der Waals surface area contributed by atoms with Gasteiger partial charge >= 0.3 is 0 Å². The van der Waals surface area contributed by atoms with Crippen LogP contribution < -0.4 is 0 Å². The summed E-state index contributed by atoms with van der Waals surface area (Å²) in [6.45, 7) is 7.06. The Kier molecular flexibility index (Phi) is 3.61. The lowest BCUT2D eigenvalue weighted by Gasteiger charge is -2.59. The van der Waals surface area contributed by atoms with Crippen LogP contribution in [0.4, 0.5) is 0 Å².